The maximum atomic E-state index is 12.8. The highest BCUT2D eigenvalue weighted by atomic mass is 19.1. The molecule has 0 amide bonds. The first kappa shape index (κ1) is 8.87. The van der Waals surface area contributed by atoms with Crippen LogP contribution >= 0.6 is 0 Å². The summed E-state index contributed by atoms with van der Waals surface area (Å²) in [4.78, 5) is 11.3. The predicted molar refractivity (Wildman–Crippen MR) is 50.7 cm³/mol. The fourth-order valence-electron chi connectivity index (χ4n) is 1.59. The van der Waals surface area contributed by atoms with Crippen LogP contribution in [0.15, 0.2) is 18.2 Å². The topological polar surface area (TPSA) is 34.9 Å². The summed E-state index contributed by atoms with van der Waals surface area (Å²) in [6.07, 6.45) is 0. The fourth-order valence-corrected chi connectivity index (χ4v) is 1.59. The summed E-state index contributed by atoms with van der Waals surface area (Å²) in [5.74, 6) is -0.410. The van der Waals surface area contributed by atoms with Gasteiger partial charge in [-0.15, -0.1) is 0 Å². The molecule has 0 saturated carbocycles. The number of Topliss-reactive ketones (excluding diaryl/α,β-unsaturated/α-hetero) is 1. The van der Waals surface area contributed by atoms with Crippen molar-refractivity contribution in [3.05, 3.63) is 29.7 Å². The quantitative estimate of drug-likeness (QED) is 0.647. The third kappa shape index (κ3) is 1.19. The van der Waals surface area contributed by atoms with E-state index in [1.54, 1.807) is 13.1 Å². The number of halogens is 1. The molecular formula is C10H9FN2O. The Kier molecular flexibility index (Phi) is 1.84. The number of ketones is 1. The first-order chi connectivity index (χ1) is 6.59. The van der Waals surface area contributed by atoms with Crippen LogP contribution in [0.25, 0.3) is 10.9 Å². The van der Waals surface area contributed by atoms with Crippen LogP contribution in [0.1, 0.15) is 17.4 Å². The Bertz CT molecular complexity index is 516. The maximum absolute atomic E-state index is 12.8. The third-order valence-electron chi connectivity index (χ3n) is 2.13. The molecule has 1 aromatic heterocycles. The van der Waals surface area contributed by atoms with Gasteiger partial charge in [-0.1, -0.05) is 0 Å². The fraction of sp³-hybridized carbons (Fsp3) is 0.200. The number of benzene rings is 1. The molecule has 0 fully saturated rings. The van der Waals surface area contributed by atoms with Gasteiger partial charge in [-0.2, -0.15) is 5.10 Å². The average Bonchev–Trinajstić information content (AvgIpc) is 2.39. The second-order valence-corrected chi connectivity index (χ2v) is 3.19. The maximum Gasteiger partial charge on any atom is 0.178 e. The average molecular weight is 192 g/mol. The minimum Gasteiger partial charge on any atom is -0.293 e. The van der Waals surface area contributed by atoms with Gasteiger partial charge in [0.15, 0.2) is 5.78 Å². The van der Waals surface area contributed by atoms with Crippen LogP contribution < -0.4 is 0 Å². The molecule has 0 atom stereocenters. The standard InChI is InChI=1S/C10H9FN2O/c1-6(14)10-8-4-3-7(11)5-9(8)12-13(10)2/h3-5H,1-2H3. The summed E-state index contributed by atoms with van der Waals surface area (Å²) in [5, 5.41) is 4.75. The van der Waals surface area contributed by atoms with Gasteiger partial charge in [-0.25, -0.2) is 4.39 Å². The molecule has 1 heterocycles. The normalized spacial score (nSPS) is 10.8. The number of hydrogen-bond donors (Lipinski definition) is 0. The predicted octanol–water partition coefficient (Wildman–Crippen LogP) is 1.91. The lowest BCUT2D eigenvalue weighted by molar-refractivity contribution is 0.101. The molecular weight excluding hydrogens is 183 g/mol. The minimum atomic E-state index is -0.342. The summed E-state index contributed by atoms with van der Waals surface area (Å²) in [5.41, 5.74) is 1.03. The highest BCUT2D eigenvalue weighted by molar-refractivity contribution is 6.04. The Morgan fingerprint density at radius 1 is 1.50 bits per heavy atom. The van der Waals surface area contributed by atoms with E-state index in [4.69, 9.17) is 0 Å². The Labute approximate surface area is 80.1 Å². The Hall–Kier alpha value is -1.71. The molecule has 14 heavy (non-hydrogen) atoms. The number of nitrogens with zero attached hydrogens (tertiary/aromatic N) is 2. The second-order valence-electron chi connectivity index (χ2n) is 3.19. The van der Waals surface area contributed by atoms with Crippen molar-refractivity contribution in [2.45, 2.75) is 6.92 Å². The van der Waals surface area contributed by atoms with Crippen LogP contribution in [0, 0.1) is 5.82 Å². The van der Waals surface area contributed by atoms with Crippen molar-refractivity contribution in [3.8, 4) is 0 Å². The van der Waals surface area contributed by atoms with E-state index in [1.807, 2.05) is 0 Å². The first-order valence-corrected chi connectivity index (χ1v) is 4.23. The van der Waals surface area contributed by atoms with Crippen molar-refractivity contribution in [1.82, 2.24) is 9.78 Å². The summed E-state index contributed by atoms with van der Waals surface area (Å²) < 4.78 is 14.3. The number of aryl methyl sites for hydroxylation is 1. The monoisotopic (exact) mass is 192 g/mol. The van der Waals surface area contributed by atoms with Crippen LogP contribution in [-0.4, -0.2) is 15.6 Å². The zero-order chi connectivity index (χ0) is 10.3. The molecule has 0 bridgehead atoms. The molecule has 0 saturated heterocycles. The molecule has 0 aliphatic heterocycles. The lowest BCUT2D eigenvalue weighted by Crippen LogP contribution is -2.02. The molecule has 0 aliphatic carbocycles. The van der Waals surface area contributed by atoms with Crippen molar-refractivity contribution in [2.75, 3.05) is 0 Å². The van der Waals surface area contributed by atoms with E-state index < -0.39 is 0 Å². The van der Waals surface area contributed by atoms with Crippen LogP contribution in [0.4, 0.5) is 4.39 Å². The van der Waals surface area contributed by atoms with Gasteiger partial charge in [0.25, 0.3) is 0 Å². The van der Waals surface area contributed by atoms with Gasteiger partial charge in [0.05, 0.1) is 5.52 Å². The molecule has 0 N–H and O–H groups in total. The molecule has 1 aromatic carbocycles. The van der Waals surface area contributed by atoms with Crippen LogP contribution in [0.5, 0.6) is 0 Å². The van der Waals surface area contributed by atoms with E-state index in [2.05, 4.69) is 5.10 Å². The molecule has 4 heteroatoms. The number of fused-ring (bicyclic) bond motifs is 1. The van der Waals surface area contributed by atoms with Gasteiger partial charge in [0.1, 0.15) is 11.5 Å². The van der Waals surface area contributed by atoms with Crippen molar-refractivity contribution in [3.63, 3.8) is 0 Å². The van der Waals surface area contributed by atoms with E-state index in [-0.39, 0.29) is 11.6 Å². The number of carbonyl (C=O) groups excluding carboxylic acids is 1. The Morgan fingerprint density at radius 3 is 2.86 bits per heavy atom. The first-order valence-electron chi connectivity index (χ1n) is 4.23. The summed E-state index contributed by atoms with van der Waals surface area (Å²) in [6.45, 7) is 1.47. The number of rotatable bonds is 1. The van der Waals surface area contributed by atoms with Crippen molar-refractivity contribution >= 4 is 16.7 Å². The van der Waals surface area contributed by atoms with E-state index in [0.717, 1.165) is 0 Å². The van der Waals surface area contributed by atoms with Gasteiger partial charge in [0.2, 0.25) is 0 Å². The smallest absolute Gasteiger partial charge is 0.178 e. The van der Waals surface area contributed by atoms with Crippen LogP contribution in [-0.2, 0) is 7.05 Å². The Morgan fingerprint density at radius 2 is 2.21 bits per heavy atom. The van der Waals surface area contributed by atoms with Gasteiger partial charge in [0, 0.05) is 25.4 Å². The number of hydrogen-bond acceptors (Lipinski definition) is 2. The van der Waals surface area contributed by atoms with Crippen LogP contribution in [0.3, 0.4) is 0 Å². The van der Waals surface area contributed by atoms with Crippen molar-refractivity contribution < 1.29 is 9.18 Å². The molecule has 2 aromatic rings. The third-order valence-corrected chi connectivity index (χ3v) is 2.13. The minimum absolute atomic E-state index is 0.0680. The largest absolute Gasteiger partial charge is 0.293 e. The van der Waals surface area contributed by atoms with E-state index >= 15 is 0 Å². The highest BCUT2D eigenvalue weighted by Crippen LogP contribution is 2.18. The zero-order valence-corrected chi connectivity index (χ0v) is 7.91. The van der Waals surface area contributed by atoms with Gasteiger partial charge in [-0.3, -0.25) is 9.48 Å². The van der Waals surface area contributed by atoms with E-state index in [1.165, 1.54) is 23.7 Å². The van der Waals surface area contributed by atoms with Gasteiger partial charge >= 0.3 is 0 Å². The van der Waals surface area contributed by atoms with Crippen molar-refractivity contribution in [2.24, 2.45) is 7.05 Å². The lowest BCUT2D eigenvalue weighted by atomic mass is 10.1. The van der Waals surface area contributed by atoms with E-state index in [9.17, 15) is 9.18 Å². The van der Waals surface area contributed by atoms with E-state index in [0.29, 0.717) is 16.6 Å². The van der Waals surface area contributed by atoms with Gasteiger partial charge in [-0.05, 0) is 12.1 Å². The summed E-state index contributed by atoms with van der Waals surface area (Å²) in [7, 11) is 1.68. The summed E-state index contributed by atoms with van der Waals surface area (Å²) >= 11 is 0. The number of carbonyl (C=O) groups is 1. The van der Waals surface area contributed by atoms with Crippen molar-refractivity contribution in [1.29, 1.82) is 0 Å². The molecule has 72 valence electrons. The molecule has 0 unspecified atom stereocenters. The SMILES string of the molecule is CC(=O)c1c2ccc(F)cc2nn1C. The molecule has 0 radical (unpaired) electrons. The van der Waals surface area contributed by atoms with Crippen LogP contribution in [0.2, 0.25) is 0 Å². The second kappa shape index (κ2) is 2.90. The molecule has 0 aliphatic rings. The van der Waals surface area contributed by atoms with Gasteiger partial charge < -0.3 is 0 Å². The lowest BCUT2D eigenvalue weighted by Gasteiger charge is -1.95. The summed E-state index contributed by atoms with van der Waals surface area (Å²) in [6, 6.07) is 4.23. The zero-order valence-electron chi connectivity index (χ0n) is 7.91. The molecule has 3 nitrogen and oxygen atoms in total. The highest BCUT2D eigenvalue weighted by Gasteiger charge is 2.12. The molecule has 0 spiro atoms. The number of aromatic nitrogens is 2. The molecule has 2 rings (SSSR count). The Balaban J connectivity index is 2.84.